The van der Waals surface area contributed by atoms with E-state index < -0.39 is 0 Å². The second-order valence-electron chi connectivity index (χ2n) is 3.89. The lowest BCUT2D eigenvalue weighted by Crippen LogP contribution is -2.24. The van der Waals surface area contributed by atoms with Gasteiger partial charge in [-0.05, 0) is 12.5 Å². The number of aromatic nitrogens is 1. The molecule has 0 unspecified atom stereocenters. The third-order valence-electron chi connectivity index (χ3n) is 2.29. The van der Waals surface area contributed by atoms with Crippen LogP contribution < -0.4 is 11.1 Å². The molecule has 88 valence electrons. The van der Waals surface area contributed by atoms with E-state index in [4.69, 9.17) is 5.73 Å². The molecule has 0 aliphatic heterocycles. The number of rotatable bonds is 4. The maximum atomic E-state index is 11.3. The largest absolute Gasteiger partial charge is 0.398 e. The zero-order valence-corrected chi connectivity index (χ0v) is 9.95. The van der Waals surface area contributed by atoms with Gasteiger partial charge in [0.15, 0.2) is 0 Å². The molecule has 0 atom stereocenters. The summed E-state index contributed by atoms with van der Waals surface area (Å²) < 4.78 is 0. The zero-order valence-electron chi connectivity index (χ0n) is 9.95. The summed E-state index contributed by atoms with van der Waals surface area (Å²) in [6.07, 6.45) is 2.16. The molecular weight excluding hydrogens is 204 g/mol. The monoisotopic (exact) mass is 222 g/mol. The first kappa shape index (κ1) is 12.3. The number of aryl methyl sites for hydroxylation is 1. The number of nitrogens with two attached hydrogens (primary N) is 1. The topological polar surface area (TPSA) is 71.2 Å². The van der Waals surface area contributed by atoms with Gasteiger partial charge in [-0.1, -0.05) is 0 Å². The van der Waals surface area contributed by atoms with E-state index >= 15 is 0 Å². The molecular formula is C11H18N4O. The van der Waals surface area contributed by atoms with Crippen LogP contribution >= 0.6 is 0 Å². The van der Waals surface area contributed by atoms with Crippen LogP contribution in [0.15, 0.2) is 12.3 Å². The van der Waals surface area contributed by atoms with Crippen LogP contribution in [0.5, 0.6) is 0 Å². The van der Waals surface area contributed by atoms with Crippen molar-refractivity contribution in [1.29, 1.82) is 0 Å². The molecule has 16 heavy (non-hydrogen) atoms. The molecule has 1 heterocycles. The smallest absolute Gasteiger partial charge is 0.223 e. The molecule has 1 amide bonds. The molecule has 0 saturated carbocycles. The maximum absolute atomic E-state index is 11.3. The third-order valence-corrected chi connectivity index (χ3v) is 2.29. The van der Waals surface area contributed by atoms with Gasteiger partial charge in [0.1, 0.15) is 5.82 Å². The molecule has 0 saturated heterocycles. The Bertz CT molecular complexity index is 376. The van der Waals surface area contributed by atoms with Crippen LogP contribution in [0.25, 0.3) is 0 Å². The molecule has 0 aliphatic carbocycles. The van der Waals surface area contributed by atoms with Crippen molar-refractivity contribution in [2.75, 3.05) is 31.7 Å². The summed E-state index contributed by atoms with van der Waals surface area (Å²) in [4.78, 5) is 17.0. The number of nitrogen functional groups attached to an aromatic ring is 1. The van der Waals surface area contributed by atoms with Gasteiger partial charge >= 0.3 is 0 Å². The highest BCUT2D eigenvalue weighted by Crippen LogP contribution is 2.13. The molecule has 1 aromatic heterocycles. The lowest BCUT2D eigenvalue weighted by atomic mass is 10.2. The van der Waals surface area contributed by atoms with Crippen molar-refractivity contribution in [3.63, 3.8) is 0 Å². The average molecular weight is 222 g/mol. The number of hydrogen-bond acceptors (Lipinski definition) is 4. The summed E-state index contributed by atoms with van der Waals surface area (Å²) in [6.45, 7) is 2.47. The number of pyridine rings is 1. The van der Waals surface area contributed by atoms with Crippen molar-refractivity contribution in [3.8, 4) is 0 Å². The zero-order chi connectivity index (χ0) is 12.1. The quantitative estimate of drug-likeness (QED) is 0.792. The van der Waals surface area contributed by atoms with Gasteiger partial charge in [0.05, 0.1) is 0 Å². The minimum atomic E-state index is 0.0904. The van der Waals surface area contributed by atoms with E-state index in [1.54, 1.807) is 31.3 Å². The Kier molecular flexibility index (Phi) is 4.10. The maximum Gasteiger partial charge on any atom is 0.223 e. The van der Waals surface area contributed by atoms with E-state index in [1.165, 1.54) is 0 Å². The van der Waals surface area contributed by atoms with Crippen LogP contribution in [-0.2, 0) is 4.79 Å². The van der Waals surface area contributed by atoms with Gasteiger partial charge in [-0.15, -0.1) is 0 Å². The first-order valence-corrected chi connectivity index (χ1v) is 5.17. The minimum Gasteiger partial charge on any atom is -0.398 e. The Morgan fingerprint density at radius 2 is 2.25 bits per heavy atom. The van der Waals surface area contributed by atoms with Gasteiger partial charge in [0.25, 0.3) is 0 Å². The van der Waals surface area contributed by atoms with Crippen molar-refractivity contribution in [3.05, 3.63) is 17.8 Å². The van der Waals surface area contributed by atoms with Gasteiger partial charge in [0, 0.05) is 45.0 Å². The summed E-state index contributed by atoms with van der Waals surface area (Å²) in [5, 5.41) is 3.06. The minimum absolute atomic E-state index is 0.0904. The van der Waals surface area contributed by atoms with E-state index in [1.807, 2.05) is 6.92 Å². The second kappa shape index (κ2) is 5.34. The first-order valence-electron chi connectivity index (χ1n) is 5.17. The van der Waals surface area contributed by atoms with Crippen LogP contribution in [0.1, 0.15) is 12.0 Å². The normalized spacial score (nSPS) is 9.94. The number of amides is 1. The Balaban J connectivity index is 2.43. The molecule has 0 spiro atoms. The number of nitrogens with zero attached hydrogens (tertiary/aromatic N) is 2. The number of anilines is 2. The Morgan fingerprint density at radius 3 is 2.81 bits per heavy atom. The highest BCUT2D eigenvalue weighted by Gasteiger charge is 2.03. The molecule has 0 bridgehead atoms. The fourth-order valence-corrected chi connectivity index (χ4v) is 1.16. The third kappa shape index (κ3) is 3.42. The van der Waals surface area contributed by atoms with Crippen molar-refractivity contribution in [2.24, 2.45) is 0 Å². The highest BCUT2D eigenvalue weighted by molar-refractivity contribution is 5.76. The number of carbonyl (C=O) groups is 1. The number of nitrogens with one attached hydrogen (secondary N) is 1. The lowest BCUT2D eigenvalue weighted by Gasteiger charge is -2.11. The van der Waals surface area contributed by atoms with E-state index in [2.05, 4.69) is 10.3 Å². The van der Waals surface area contributed by atoms with Crippen LogP contribution in [0.2, 0.25) is 0 Å². The second-order valence-corrected chi connectivity index (χ2v) is 3.89. The summed E-state index contributed by atoms with van der Waals surface area (Å²) >= 11 is 0. The Morgan fingerprint density at radius 1 is 1.56 bits per heavy atom. The molecule has 5 heteroatoms. The van der Waals surface area contributed by atoms with Gasteiger partial charge in [-0.25, -0.2) is 4.98 Å². The molecule has 1 rings (SSSR count). The summed E-state index contributed by atoms with van der Waals surface area (Å²) in [5.41, 5.74) is 7.40. The fourth-order valence-electron chi connectivity index (χ4n) is 1.16. The van der Waals surface area contributed by atoms with Crippen molar-refractivity contribution in [1.82, 2.24) is 9.88 Å². The van der Waals surface area contributed by atoms with Gasteiger partial charge in [-0.3, -0.25) is 4.79 Å². The van der Waals surface area contributed by atoms with Crippen molar-refractivity contribution in [2.45, 2.75) is 13.3 Å². The average Bonchev–Trinajstić information content (AvgIpc) is 2.23. The summed E-state index contributed by atoms with van der Waals surface area (Å²) in [6, 6.07) is 1.77. The van der Waals surface area contributed by atoms with Crippen molar-refractivity contribution < 1.29 is 4.79 Å². The molecule has 5 nitrogen and oxygen atoms in total. The van der Waals surface area contributed by atoms with Gasteiger partial charge in [-0.2, -0.15) is 0 Å². The fraction of sp³-hybridized carbons (Fsp3) is 0.455. The molecule has 0 aliphatic rings. The van der Waals surface area contributed by atoms with Crippen LogP contribution in [-0.4, -0.2) is 36.4 Å². The lowest BCUT2D eigenvalue weighted by molar-refractivity contribution is -0.128. The van der Waals surface area contributed by atoms with E-state index in [0.717, 1.165) is 5.56 Å². The van der Waals surface area contributed by atoms with E-state index in [0.29, 0.717) is 24.5 Å². The molecule has 0 fully saturated rings. The molecule has 0 radical (unpaired) electrons. The molecule has 3 N–H and O–H groups in total. The Labute approximate surface area is 95.7 Å². The van der Waals surface area contributed by atoms with Crippen LogP contribution in [0.3, 0.4) is 0 Å². The Hall–Kier alpha value is -1.78. The molecule has 1 aromatic rings. The van der Waals surface area contributed by atoms with Gasteiger partial charge < -0.3 is 16.0 Å². The summed E-state index contributed by atoms with van der Waals surface area (Å²) in [7, 11) is 3.48. The predicted octanol–water partition coefficient (Wildman–Crippen LogP) is 0.862. The number of hydrogen-bond donors (Lipinski definition) is 2. The highest BCUT2D eigenvalue weighted by atomic mass is 16.2. The first-order chi connectivity index (χ1) is 7.50. The summed E-state index contributed by atoms with van der Waals surface area (Å²) in [5.74, 6) is 0.794. The van der Waals surface area contributed by atoms with Crippen LogP contribution in [0, 0.1) is 6.92 Å². The van der Waals surface area contributed by atoms with Gasteiger partial charge in [0.2, 0.25) is 5.91 Å². The van der Waals surface area contributed by atoms with E-state index in [9.17, 15) is 4.79 Å². The predicted molar refractivity (Wildman–Crippen MR) is 65.2 cm³/mol. The number of carbonyl (C=O) groups excluding carboxylic acids is 1. The SMILES string of the molecule is Cc1cnc(NCCC(=O)N(C)C)cc1N. The van der Waals surface area contributed by atoms with Crippen molar-refractivity contribution >= 4 is 17.4 Å². The standard InChI is InChI=1S/C11H18N4O/c1-8-7-14-10(6-9(8)12)13-5-4-11(16)15(2)3/h6-7H,4-5H2,1-3H3,(H3,12,13,14). The van der Waals surface area contributed by atoms with Crippen LogP contribution in [0.4, 0.5) is 11.5 Å². The van der Waals surface area contributed by atoms with E-state index in [-0.39, 0.29) is 5.91 Å². The molecule has 0 aromatic carbocycles.